The van der Waals surface area contributed by atoms with E-state index in [1.807, 2.05) is 13.8 Å². The van der Waals surface area contributed by atoms with E-state index in [0.29, 0.717) is 30.3 Å². The van der Waals surface area contributed by atoms with Crippen molar-refractivity contribution in [3.8, 4) is 0 Å². The summed E-state index contributed by atoms with van der Waals surface area (Å²) in [6, 6.07) is -0.868. The van der Waals surface area contributed by atoms with Crippen molar-refractivity contribution in [3.63, 3.8) is 0 Å². The predicted octanol–water partition coefficient (Wildman–Crippen LogP) is 0.957. The number of nitrogens with two attached hydrogens (primary N) is 1. The lowest BCUT2D eigenvalue weighted by Crippen LogP contribution is -2.46. The van der Waals surface area contributed by atoms with E-state index in [9.17, 15) is 13.2 Å². The summed E-state index contributed by atoms with van der Waals surface area (Å²) >= 11 is 0. The van der Waals surface area contributed by atoms with Crippen LogP contribution in [-0.4, -0.2) is 54.7 Å². The molecule has 10 heteroatoms. The van der Waals surface area contributed by atoms with Crippen LogP contribution in [0.2, 0.25) is 0 Å². The molecule has 2 atom stereocenters. The zero-order chi connectivity index (χ0) is 19.5. The smallest absolute Gasteiger partial charge is 0.244 e. The molecule has 1 aromatic heterocycles. The minimum Gasteiger partial charge on any atom is -0.344 e. The number of carbonyl (C=O) groups is 1. The molecule has 1 heterocycles. The van der Waals surface area contributed by atoms with E-state index in [1.54, 1.807) is 34.9 Å². The Balaban J connectivity index is 0.00000625. The van der Waals surface area contributed by atoms with Gasteiger partial charge in [-0.05, 0) is 33.1 Å². The Bertz CT molecular complexity index is 718. The van der Waals surface area contributed by atoms with E-state index in [1.165, 1.54) is 9.58 Å². The molecular weight excluding hydrogens is 378 g/mol. The number of hydrogen-bond donors (Lipinski definition) is 2. The molecular formula is C16H32ClN5O3S. The summed E-state index contributed by atoms with van der Waals surface area (Å²) in [7, 11) is -0.493. The number of amides is 1. The van der Waals surface area contributed by atoms with Crippen molar-refractivity contribution in [2.75, 3.05) is 13.6 Å². The van der Waals surface area contributed by atoms with E-state index in [0.717, 1.165) is 0 Å². The Labute approximate surface area is 163 Å². The van der Waals surface area contributed by atoms with Crippen molar-refractivity contribution in [2.45, 2.75) is 58.0 Å². The third kappa shape index (κ3) is 5.94. The van der Waals surface area contributed by atoms with Crippen LogP contribution < -0.4 is 10.5 Å². The standard InChI is InChI=1S/C16H31N5O3S.ClH/c1-10(2)14(17)8-9-20(6)16(22)12(4)19-25(23,24)15-11(3)18-21(7)13(15)5;/h10,12,14,19H,8-9,17H2,1-7H3;1H. The Morgan fingerprint density at radius 2 is 1.85 bits per heavy atom. The van der Waals surface area contributed by atoms with E-state index >= 15 is 0 Å². The molecule has 3 N–H and O–H groups in total. The first-order chi connectivity index (χ1) is 11.4. The van der Waals surface area contributed by atoms with Crippen molar-refractivity contribution in [3.05, 3.63) is 11.4 Å². The normalized spacial score (nSPS) is 14.0. The summed E-state index contributed by atoms with van der Waals surface area (Å²) in [5.41, 5.74) is 6.93. The molecule has 0 aliphatic heterocycles. The van der Waals surface area contributed by atoms with Crippen LogP contribution in [0, 0.1) is 19.8 Å². The Morgan fingerprint density at radius 1 is 1.31 bits per heavy atom. The summed E-state index contributed by atoms with van der Waals surface area (Å²) in [6.07, 6.45) is 0.667. The molecule has 0 aliphatic rings. The summed E-state index contributed by atoms with van der Waals surface area (Å²) in [5.74, 6) is 0.0367. The second-order valence-electron chi connectivity index (χ2n) is 6.92. The quantitative estimate of drug-likeness (QED) is 0.664. The van der Waals surface area contributed by atoms with Crippen LogP contribution in [0.15, 0.2) is 4.90 Å². The highest BCUT2D eigenvalue weighted by Crippen LogP contribution is 2.18. The molecule has 0 radical (unpaired) electrons. The molecule has 1 amide bonds. The SMILES string of the molecule is Cc1nn(C)c(C)c1S(=O)(=O)NC(C)C(=O)N(C)CCC(N)C(C)C.Cl. The van der Waals surface area contributed by atoms with Crippen molar-refractivity contribution >= 4 is 28.3 Å². The molecule has 1 rings (SSSR count). The lowest BCUT2D eigenvalue weighted by Gasteiger charge is -2.24. The molecule has 8 nitrogen and oxygen atoms in total. The number of aryl methyl sites for hydroxylation is 2. The van der Waals surface area contributed by atoms with Gasteiger partial charge in [-0.15, -0.1) is 12.4 Å². The van der Waals surface area contributed by atoms with Crippen molar-refractivity contribution < 1.29 is 13.2 Å². The van der Waals surface area contributed by atoms with Crippen LogP contribution in [0.3, 0.4) is 0 Å². The van der Waals surface area contributed by atoms with Crippen LogP contribution in [0.25, 0.3) is 0 Å². The van der Waals surface area contributed by atoms with Crippen molar-refractivity contribution in [1.82, 2.24) is 19.4 Å². The van der Waals surface area contributed by atoms with Crippen LogP contribution in [0.4, 0.5) is 0 Å². The lowest BCUT2D eigenvalue weighted by atomic mass is 10.0. The number of nitrogens with one attached hydrogen (secondary N) is 1. The fraction of sp³-hybridized carbons (Fsp3) is 0.750. The van der Waals surface area contributed by atoms with Gasteiger partial charge in [-0.25, -0.2) is 8.42 Å². The zero-order valence-electron chi connectivity index (χ0n) is 16.6. The summed E-state index contributed by atoms with van der Waals surface area (Å²) in [6.45, 7) is 9.40. The van der Waals surface area contributed by atoms with Gasteiger partial charge in [0.25, 0.3) is 0 Å². The fourth-order valence-corrected chi connectivity index (χ4v) is 4.24. The largest absolute Gasteiger partial charge is 0.344 e. The van der Waals surface area contributed by atoms with E-state index in [2.05, 4.69) is 9.82 Å². The number of hydrogen-bond acceptors (Lipinski definition) is 5. The summed E-state index contributed by atoms with van der Waals surface area (Å²) in [5, 5.41) is 4.12. The van der Waals surface area contributed by atoms with Crippen LogP contribution in [-0.2, 0) is 21.9 Å². The van der Waals surface area contributed by atoms with E-state index in [4.69, 9.17) is 5.73 Å². The van der Waals surface area contributed by atoms with Gasteiger partial charge in [0.2, 0.25) is 15.9 Å². The van der Waals surface area contributed by atoms with Gasteiger partial charge in [0.15, 0.2) is 0 Å². The van der Waals surface area contributed by atoms with Crippen molar-refractivity contribution in [1.29, 1.82) is 0 Å². The second kappa shape index (κ2) is 9.68. The molecule has 0 saturated heterocycles. The Hall–Kier alpha value is -1.16. The highest BCUT2D eigenvalue weighted by atomic mass is 35.5. The van der Waals surface area contributed by atoms with Crippen LogP contribution in [0.5, 0.6) is 0 Å². The second-order valence-corrected chi connectivity index (χ2v) is 8.57. The number of carbonyl (C=O) groups excluding carboxylic acids is 1. The Kier molecular flexibility index (Phi) is 9.25. The van der Waals surface area contributed by atoms with Gasteiger partial charge in [0.05, 0.1) is 17.4 Å². The molecule has 0 aliphatic carbocycles. The minimum absolute atomic E-state index is 0. The van der Waals surface area contributed by atoms with Gasteiger partial charge in [-0.2, -0.15) is 9.82 Å². The highest BCUT2D eigenvalue weighted by molar-refractivity contribution is 7.89. The first kappa shape index (κ1) is 24.8. The van der Waals surface area contributed by atoms with Gasteiger partial charge < -0.3 is 10.6 Å². The number of halogens is 1. The fourth-order valence-electron chi connectivity index (χ4n) is 2.60. The first-order valence-corrected chi connectivity index (χ1v) is 9.89. The molecule has 0 fully saturated rings. The third-order valence-corrected chi connectivity index (χ3v) is 6.24. The van der Waals surface area contributed by atoms with E-state index < -0.39 is 16.1 Å². The molecule has 26 heavy (non-hydrogen) atoms. The molecule has 152 valence electrons. The zero-order valence-corrected chi connectivity index (χ0v) is 18.2. The molecule has 0 aromatic carbocycles. The number of rotatable bonds is 8. The maximum Gasteiger partial charge on any atom is 0.244 e. The molecule has 0 saturated carbocycles. The van der Waals surface area contributed by atoms with E-state index in [-0.39, 0.29) is 29.3 Å². The minimum atomic E-state index is -3.83. The molecule has 0 spiro atoms. The first-order valence-electron chi connectivity index (χ1n) is 8.41. The predicted molar refractivity (Wildman–Crippen MR) is 105 cm³/mol. The van der Waals surface area contributed by atoms with Gasteiger partial charge in [-0.3, -0.25) is 9.48 Å². The maximum absolute atomic E-state index is 12.6. The maximum atomic E-state index is 12.6. The summed E-state index contributed by atoms with van der Waals surface area (Å²) in [4.78, 5) is 14.1. The molecule has 0 bridgehead atoms. The topological polar surface area (TPSA) is 110 Å². The summed E-state index contributed by atoms with van der Waals surface area (Å²) < 4.78 is 29.2. The average molecular weight is 410 g/mol. The van der Waals surface area contributed by atoms with Gasteiger partial charge in [0.1, 0.15) is 4.90 Å². The average Bonchev–Trinajstić information content (AvgIpc) is 2.76. The van der Waals surface area contributed by atoms with Gasteiger partial charge in [-0.1, -0.05) is 13.8 Å². The van der Waals surface area contributed by atoms with Crippen molar-refractivity contribution in [2.24, 2.45) is 18.7 Å². The van der Waals surface area contributed by atoms with Gasteiger partial charge >= 0.3 is 0 Å². The highest BCUT2D eigenvalue weighted by Gasteiger charge is 2.29. The Morgan fingerprint density at radius 3 is 2.27 bits per heavy atom. The molecule has 2 unspecified atom stereocenters. The van der Waals surface area contributed by atoms with Crippen LogP contribution in [0.1, 0.15) is 38.6 Å². The van der Waals surface area contributed by atoms with Gasteiger partial charge in [0, 0.05) is 26.7 Å². The number of sulfonamides is 1. The monoisotopic (exact) mass is 409 g/mol. The van der Waals surface area contributed by atoms with Crippen LogP contribution >= 0.6 is 12.4 Å². The lowest BCUT2D eigenvalue weighted by molar-refractivity contribution is -0.131. The number of likely N-dealkylation sites (N-methyl/N-ethyl adjacent to an activating group) is 1. The third-order valence-electron chi connectivity index (χ3n) is 4.44. The number of aromatic nitrogens is 2. The molecule has 1 aromatic rings. The number of nitrogens with zero attached hydrogens (tertiary/aromatic N) is 3.